The molecule has 1 N–H and O–H groups in total. The molecular formula is C34H49NO4. The number of unbranched alkanes of at least 4 members (excludes halogenated alkanes) is 13. The van der Waals surface area contributed by atoms with Crippen molar-refractivity contribution in [2.24, 2.45) is 0 Å². The number of carbonyl (C=O) groups is 2. The molecule has 0 spiro atoms. The van der Waals surface area contributed by atoms with Gasteiger partial charge in [-0.15, -0.1) is 0 Å². The van der Waals surface area contributed by atoms with Crippen LogP contribution in [0.2, 0.25) is 0 Å². The topological polar surface area (TPSA) is 64.6 Å². The van der Waals surface area contributed by atoms with Crippen LogP contribution in [0.25, 0.3) is 0 Å². The van der Waals surface area contributed by atoms with Crippen LogP contribution < -0.4 is 14.8 Å². The Morgan fingerprint density at radius 1 is 0.667 bits per heavy atom. The van der Waals surface area contributed by atoms with Gasteiger partial charge >= 0.3 is 5.97 Å². The Balaban J connectivity index is 1.54. The lowest BCUT2D eigenvalue weighted by Crippen LogP contribution is -2.08. The van der Waals surface area contributed by atoms with Crippen molar-refractivity contribution in [2.45, 2.75) is 111 Å². The first-order chi connectivity index (χ1) is 19.0. The third-order valence-corrected chi connectivity index (χ3v) is 6.68. The Morgan fingerprint density at radius 2 is 1.15 bits per heavy atom. The van der Waals surface area contributed by atoms with E-state index in [2.05, 4.69) is 12.2 Å². The van der Waals surface area contributed by atoms with Crippen LogP contribution in [0.1, 0.15) is 121 Å². The van der Waals surface area contributed by atoms with Crippen molar-refractivity contribution >= 4 is 17.4 Å². The Morgan fingerprint density at radius 3 is 1.67 bits per heavy atom. The van der Waals surface area contributed by atoms with Gasteiger partial charge < -0.3 is 14.8 Å². The van der Waals surface area contributed by atoms with Gasteiger partial charge in [0.25, 0.3) is 0 Å². The molecule has 5 heteroatoms. The van der Waals surface area contributed by atoms with Crippen molar-refractivity contribution < 1.29 is 19.1 Å². The maximum absolute atomic E-state index is 12.5. The van der Waals surface area contributed by atoms with E-state index in [1.54, 1.807) is 36.4 Å². The second kappa shape index (κ2) is 19.9. The minimum absolute atomic E-state index is 0.0169. The van der Waals surface area contributed by atoms with Gasteiger partial charge in [0, 0.05) is 11.4 Å². The zero-order valence-electron chi connectivity index (χ0n) is 24.4. The molecule has 0 aliphatic heterocycles. The summed E-state index contributed by atoms with van der Waals surface area (Å²) >= 11 is 0. The second-order valence-electron chi connectivity index (χ2n) is 10.4. The largest absolute Gasteiger partial charge is 0.494 e. The maximum atomic E-state index is 12.5. The molecule has 0 unspecified atom stereocenters. The SMILES string of the molecule is CCCCCCCCCCCCCCCCOc1ccc(C(=O)Oc2ccc(NC(C)=CC(C)=O)cc2)cc1. The van der Waals surface area contributed by atoms with E-state index in [1.165, 1.54) is 96.5 Å². The van der Waals surface area contributed by atoms with Crippen LogP contribution in [0, 0.1) is 0 Å². The molecule has 214 valence electrons. The van der Waals surface area contributed by atoms with Gasteiger partial charge in [-0.1, -0.05) is 90.4 Å². The molecule has 0 bridgehead atoms. The molecular weight excluding hydrogens is 486 g/mol. The number of hydrogen-bond acceptors (Lipinski definition) is 5. The number of ether oxygens (including phenoxy) is 2. The van der Waals surface area contributed by atoms with E-state index in [4.69, 9.17) is 9.47 Å². The van der Waals surface area contributed by atoms with Gasteiger partial charge in [-0.2, -0.15) is 0 Å². The zero-order valence-corrected chi connectivity index (χ0v) is 24.4. The summed E-state index contributed by atoms with van der Waals surface area (Å²) in [4.78, 5) is 23.7. The molecule has 0 atom stereocenters. The Kier molecular flexibility index (Phi) is 16.4. The van der Waals surface area contributed by atoms with Crippen LogP contribution in [0.4, 0.5) is 5.69 Å². The molecule has 0 radical (unpaired) electrons. The van der Waals surface area contributed by atoms with Crippen LogP contribution in [0.5, 0.6) is 11.5 Å². The number of ketones is 1. The van der Waals surface area contributed by atoms with Crippen molar-refractivity contribution in [2.75, 3.05) is 11.9 Å². The summed E-state index contributed by atoms with van der Waals surface area (Å²) in [5.41, 5.74) is 2.03. The van der Waals surface area contributed by atoms with E-state index in [1.807, 2.05) is 19.1 Å². The molecule has 0 fully saturated rings. The number of esters is 1. The average Bonchev–Trinajstić information content (AvgIpc) is 2.92. The number of carbonyl (C=O) groups excluding carboxylic acids is 2. The minimum Gasteiger partial charge on any atom is -0.494 e. The Bertz CT molecular complexity index is 979. The zero-order chi connectivity index (χ0) is 28.1. The fourth-order valence-corrected chi connectivity index (χ4v) is 4.51. The number of anilines is 1. The predicted molar refractivity (Wildman–Crippen MR) is 162 cm³/mol. The summed E-state index contributed by atoms with van der Waals surface area (Å²) in [6.45, 7) is 6.30. The third kappa shape index (κ3) is 15.2. The molecule has 2 rings (SSSR count). The van der Waals surface area contributed by atoms with E-state index >= 15 is 0 Å². The highest BCUT2D eigenvalue weighted by molar-refractivity contribution is 5.91. The summed E-state index contributed by atoms with van der Waals surface area (Å²) < 4.78 is 11.3. The highest BCUT2D eigenvalue weighted by Crippen LogP contribution is 2.20. The van der Waals surface area contributed by atoms with Gasteiger partial charge in [0.05, 0.1) is 12.2 Å². The van der Waals surface area contributed by atoms with Crippen LogP contribution in [0.15, 0.2) is 60.3 Å². The summed E-state index contributed by atoms with van der Waals surface area (Å²) in [5, 5.41) is 3.13. The first-order valence-electron chi connectivity index (χ1n) is 15.0. The predicted octanol–water partition coefficient (Wildman–Crippen LogP) is 9.67. The Hall–Kier alpha value is -3.08. The smallest absolute Gasteiger partial charge is 0.343 e. The van der Waals surface area contributed by atoms with E-state index < -0.39 is 5.97 Å². The van der Waals surface area contributed by atoms with Crippen LogP contribution >= 0.6 is 0 Å². The van der Waals surface area contributed by atoms with Crippen molar-refractivity contribution in [3.63, 3.8) is 0 Å². The van der Waals surface area contributed by atoms with Gasteiger partial charge in [0.2, 0.25) is 0 Å². The molecule has 2 aromatic rings. The normalized spacial score (nSPS) is 11.3. The van der Waals surface area contributed by atoms with Gasteiger partial charge in [0.15, 0.2) is 5.78 Å². The maximum Gasteiger partial charge on any atom is 0.343 e. The van der Waals surface area contributed by atoms with E-state index in [9.17, 15) is 9.59 Å². The van der Waals surface area contributed by atoms with Crippen molar-refractivity contribution in [3.05, 3.63) is 65.9 Å². The highest BCUT2D eigenvalue weighted by Gasteiger charge is 2.09. The first kappa shape index (κ1) is 32.1. The molecule has 39 heavy (non-hydrogen) atoms. The molecule has 0 heterocycles. The molecule has 0 saturated carbocycles. The number of nitrogens with one attached hydrogen (secondary N) is 1. The summed E-state index contributed by atoms with van der Waals surface area (Å²) in [7, 11) is 0. The van der Waals surface area contributed by atoms with Gasteiger partial charge in [0.1, 0.15) is 11.5 Å². The van der Waals surface area contributed by atoms with E-state index in [-0.39, 0.29) is 5.78 Å². The number of allylic oxidation sites excluding steroid dienone is 2. The number of hydrogen-bond donors (Lipinski definition) is 1. The standard InChI is InChI=1S/C34H49NO4/c1-4-5-6-7-8-9-10-11-12-13-14-15-16-17-26-38-32-22-18-30(19-23-32)34(37)39-33-24-20-31(21-25-33)35-28(2)27-29(3)36/h18-25,27,35H,4-17,26H2,1-3H3. The molecule has 0 aromatic heterocycles. The Labute approximate surface area is 236 Å². The molecule has 2 aromatic carbocycles. The summed E-state index contributed by atoms with van der Waals surface area (Å²) in [6, 6.07) is 14.1. The second-order valence-corrected chi connectivity index (χ2v) is 10.4. The number of rotatable bonds is 21. The van der Waals surface area contributed by atoms with Crippen LogP contribution in [-0.2, 0) is 4.79 Å². The van der Waals surface area contributed by atoms with Crippen LogP contribution in [0.3, 0.4) is 0 Å². The average molecular weight is 536 g/mol. The lowest BCUT2D eigenvalue weighted by molar-refractivity contribution is -0.112. The van der Waals surface area contributed by atoms with E-state index in [0.717, 1.165) is 23.6 Å². The highest BCUT2D eigenvalue weighted by atomic mass is 16.5. The minimum atomic E-state index is -0.415. The quantitative estimate of drug-likeness (QED) is 0.0746. The molecule has 0 aliphatic rings. The monoisotopic (exact) mass is 535 g/mol. The van der Waals surface area contributed by atoms with Gasteiger partial charge in [-0.25, -0.2) is 4.79 Å². The van der Waals surface area contributed by atoms with Gasteiger partial charge in [-0.05, 0) is 74.9 Å². The molecule has 0 amide bonds. The van der Waals surface area contributed by atoms with Crippen molar-refractivity contribution in [1.29, 1.82) is 0 Å². The van der Waals surface area contributed by atoms with Crippen molar-refractivity contribution in [1.82, 2.24) is 0 Å². The summed E-state index contributed by atoms with van der Waals surface area (Å²) in [6.07, 6.45) is 20.3. The van der Waals surface area contributed by atoms with E-state index in [0.29, 0.717) is 17.9 Å². The summed E-state index contributed by atoms with van der Waals surface area (Å²) in [5.74, 6) is 0.793. The molecule has 0 saturated heterocycles. The third-order valence-electron chi connectivity index (χ3n) is 6.68. The molecule has 5 nitrogen and oxygen atoms in total. The van der Waals surface area contributed by atoms with Gasteiger partial charge in [-0.3, -0.25) is 4.79 Å². The lowest BCUT2D eigenvalue weighted by atomic mass is 10.0. The lowest BCUT2D eigenvalue weighted by Gasteiger charge is -2.09. The van der Waals surface area contributed by atoms with Crippen LogP contribution in [-0.4, -0.2) is 18.4 Å². The number of benzene rings is 2. The molecule has 0 aliphatic carbocycles. The van der Waals surface area contributed by atoms with Crippen molar-refractivity contribution in [3.8, 4) is 11.5 Å². The first-order valence-corrected chi connectivity index (χ1v) is 15.0. The fraction of sp³-hybridized carbons (Fsp3) is 0.529. The fourth-order valence-electron chi connectivity index (χ4n) is 4.51.